The third kappa shape index (κ3) is 3.43. The quantitative estimate of drug-likeness (QED) is 0.773. The Kier molecular flexibility index (Phi) is 3.94. The van der Waals surface area contributed by atoms with Crippen molar-refractivity contribution in [2.45, 2.75) is 26.8 Å². The lowest BCUT2D eigenvalue weighted by molar-refractivity contribution is 0.679. The van der Waals surface area contributed by atoms with Crippen LogP contribution in [0.2, 0.25) is 0 Å². The predicted molar refractivity (Wildman–Crippen MR) is 69.9 cm³/mol. The zero-order valence-electron chi connectivity index (χ0n) is 10.5. The lowest BCUT2D eigenvalue weighted by Crippen LogP contribution is -2.17. The van der Waals surface area contributed by atoms with Gasteiger partial charge in [0.15, 0.2) is 0 Å². The summed E-state index contributed by atoms with van der Waals surface area (Å²) in [5.74, 6) is 0. The van der Waals surface area contributed by atoms with Crippen molar-refractivity contribution in [3.63, 3.8) is 0 Å². The van der Waals surface area contributed by atoms with Crippen LogP contribution < -0.4 is 5.32 Å². The minimum Gasteiger partial charge on any atom is -0.348 e. The van der Waals surface area contributed by atoms with Crippen LogP contribution in [0.1, 0.15) is 22.4 Å². The minimum atomic E-state index is 0.932. The molecule has 0 fully saturated rings. The molecule has 2 aromatic rings. The largest absolute Gasteiger partial charge is 0.348 e. The molecule has 0 saturated carbocycles. The van der Waals surface area contributed by atoms with E-state index < -0.39 is 0 Å². The van der Waals surface area contributed by atoms with E-state index in [0.717, 1.165) is 19.5 Å². The first kappa shape index (κ1) is 11.9. The number of imidazole rings is 1. The highest BCUT2D eigenvalue weighted by Gasteiger charge is 1.99. The summed E-state index contributed by atoms with van der Waals surface area (Å²) < 4.78 is 0. The van der Waals surface area contributed by atoms with Gasteiger partial charge in [0, 0.05) is 31.4 Å². The van der Waals surface area contributed by atoms with Gasteiger partial charge in [-0.25, -0.2) is 4.98 Å². The number of nitrogens with zero attached hydrogens (tertiary/aromatic N) is 1. The monoisotopic (exact) mass is 229 g/mol. The summed E-state index contributed by atoms with van der Waals surface area (Å²) in [5.41, 5.74) is 5.23. The fraction of sp³-hybridized carbons (Fsp3) is 0.357. The molecule has 1 aromatic heterocycles. The van der Waals surface area contributed by atoms with Gasteiger partial charge in [0.25, 0.3) is 0 Å². The maximum absolute atomic E-state index is 4.00. The van der Waals surface area contributed by atoms with Crippen LogP contribution in [0.25, 0.3) is 0 Å². The summed E-state index contributed by atoms with van der Waals surface area (Å²) in [4.78, 5) is 7.11. The number of hydrogen-bond acceptors (Lipinski definition) is 2. The van der Waals surface area contributed by atoms with Crippen LogP contribution >= 0.6 is 0 Å². The standard InChI is InChI=1S/C14H19N3/c1-11-3-4-12(2)13(7-11)8-15-6-5-14-9-16-10-17-14/h3-4,7,9-10,15H,5-6,8H2,1-2H3,(H,16,17). The Morgan fingerprint density at radius 1 is 1.29 bits per heavy atom. The van der Waals surface area contributed by atoms with Crippen molar-refractivity contribution in [2.75, 3.05) is 6.54 Å². The smallest absolute Gasteiger partial charge is 0.0921 e. The van der Waals surface area contributed by atoms with Crippen molar-refractivity contribution < 1.29 is 0 Å². The lowest BCUT2D eigenvalue weighted by Gasteiger charge is -2.08. The number of aromatic amines is 1. The maximum Gasteiger partial charge on any atom is 0.0921 e. The molecule has 0 aliphatic rings. The molecule has 0 atom stereocenters. The second kappa shape index (κ2) is 5.64. The van der Waals surface area contributed by atoms with E-state index in [2.05, 4.69) is 47.3 Å². The van der Waals surface area contributed by atoms with Crippen molar-refractivity contribution in [1.29, 1.82) is 0 Å². The number of aryl methyl sites for hydroxylation is 2. The number of nitrogens with one attached hydrogen (secondary N) is 2. The third-order valence-corrected chi connectivity index (χ3v) is 2.95. The summed E-state index contributed by atoms with van der Waals surface area (Å²) in [7, 11) is 0. The number of aromatic nitrogens is 2. The molecule has 2 N–H and O–H groups in total. The van der Waals surface area contributed by atoms with Crippen molar-refractivity contribution in [2.24, 2.45) is 0 Å². The highest BCUT2D eigenvalue weighted by atomic mass is 14.9. The molecule has 17 heavy (non-hydrogen) atoms. The average Bonchev–Trinajstić information content (AvgIpc) is 2.82. The Morgan fingerprint density at radius 3 is 2.94 bits per heavy atom. The van der Waals surface area contributed by atoms with E-state index in [0.29, 0.717) is 0 Å². The van der Waals surface area contributed by atoms with E-state index in [-0.39, 0.29) is 0 Å². The molecule has 0 amide bonds. The van der Waals surface area contributed by atoms with Gasteiger partial charge < -0.3 is 10.3 Å². The van der Waals surface area contributed by atoms with Crippen LogP contribution in [0.15, 0.2) is 30.7 Å². The first-order chi connectivity index (χ1) is 8.25. The van der Waals surface area contributed by atoms with Crippen LogP contribution in [0.5, 0.6) is 0 Å². The second-order valence-electron chi connectivity index (χ2n) is 4.43. The Balaban J connectivity index is 1.80. The fourth-order valence-corrected chi connectivity index (χ4v) is 1.86. The molecule has 0 radical (unpaired) electrons. The van der Waals surface area contributed by atoms with Gasteiger partial charge in [-0.3, -0.25) is 0 Å². The molecule has 3 nitrogen and oxygen atoms in total. The van der Waals surface area contributed by atoms with Crippen LogP contribution in [-0.4, -0.2) is 16.5 Å². The molecular weight excluding hydrogens is 210 g/mol. The number of H-pyrrole nitrogens is 1. The maximum atomic E-state index is 4.00. The van der Waals surface area contributed by atoms with E-state index in [4.69, 9.17) is 0 Å². The van der Waals surface area contributed by atoms with Crippen LogP contribution in [0.3, 0.4) is 0 Å². The van der Waals surface area contributed by atoms with Gasteiger partial charge in [-0.05, 0) is 25.0 Å². The minimum absolute atomic E-state index is 0.932. The lowest BCUT2D eigenvalue weighted by atomic mass is 10.1. The highest BCUT2D eigenvalue weighted by Crippen LogP contribution is 2.10. The van der Waals surface area contributed by atoms with Gasteiger partial charge in [0.05, 0.1) is 6.33 Å². The second-order valence-corrected chi connectivity index (χ2v) is 4.43. The van der Waals surface area contributed by atoms with Gasteiger partial charge in [0.2, 0.25) is 0 Å². The summed E-state index contributed by atoms with van der Waals surface area (Å²) in [6.07, 6.45) is 4.59. The summed E-state index contributed by atoms with van der Waals surface area (Å²) in [6, 6.07) is 6.59. The molecule has 1 aromatic carbocycles. The van der Waals surface area contributed by atoms with Crippen molar-refractivity contribution in [1.82, 2.24) is 15.3 Å². The normalized spacial score (nSPS) is 10.7. The molecule has 0 unspecified atom stereocenters. The molecule has 3 heteroatoms. The predicted octanol–water partition coefficient (Wildman–Crippen LogP) is 2.36. The van der Waals surface area contributed by atoms with Gasteiger partial charge in [-0.15, -0.1) is 0 Å². The number of rotatable bonds is 5. The molecule has 0 aliphatic heterocycles. The van der Waals surface area contributed by atoms with E-state index >= 15 is 0 Å². The first-order valence-electron chi connectivity index (χ1n) is 6.00. The topological polar surface area (TPSA) is 40.7 Å². The zero-order valence-corrected chi connectivity index (χ0v) is 10.5. The molecule has 0 saturated heterocycles. The van der Waals surface area contributed by atoms with Crippen LogP contribution in [0, 0.1) is 13.8 Å². The summed E-state index contributed by atoms with van der Waals surface area (Å²) in [5, 5.41) is 3.46. The van der Waals surface area contributed by atoms with Gasteiger partial charge in [-0.1, -0.05) is 23.8 Å². The SMILES string of the molecule is Cc1ccc(C)c(CNCCc2cnc[nH]2)c1. The number of benzene rings is 1. The van der Waals surface area contributed by atoms with Crippen molar-refractivity contribution in [3.8, 4) is 0 Å². The Bertz CT molecular complexity index is 460. The Hall–Kier alpha value is -1.61. The van der Waals surface area contributed by atoms with Crippen molar-refractivity contribution in [3.05, 3.63) is 53.1 Å². The molecule has 0 aliphatic carbocycles. The molecule has 1 heterocycles. The number of hydrogen-bond donors (Lipinski definition) is 2. The Labute approximate surface area is 102 Å². The summed E-state index contributed by atoms with van der Waals surface area (Å²) in [6.45, 7) is 6.19. The molecule has 2 rings (SSSR count). The summed E-state index contributed by atoms with van der Waals surface area (Å²) >= 11 is 0. The van der Waals surface area contributed by atoms with Gasteiger partial charge in [-0.2, -0.15) is 0 Å². The first-order valence-corrected chi connectivity index (χ1v) is 6.00. The molecule has 0 spiro atoms. The van der Waals surface area contributed by atoms with Gasteiger partial charge in [0.1, 0.15) is 0 Å². The van der Waals surface area contributed by atoms with Crippen LogP contribution in [0.4, 0.5) is 0 Å². The third-order valence-electron chi connectivity index (χ3n) is 2.95. The zero-order chi connectivity index (χ0) is 12.1. The average molecular weight is 229 g/mol. The molecular formula is C14H19N3. The highest BCUT2D eigenvalue weighted by molar-refractivity contribution is 5.30. The van der Waals surface area contributed by atoms with E-state index in [1.165, 1.54) is 22.4 Å². The van der Waals surface area contributed by atoms with Crippen molar-refractivity contribution >= 4 is 0 Å². The Morgan fingerprint density at radius 2 is 2.18 bits per heavy atom. The fourth-order valence-electron chi connectivity index (χ4n) is 1.86. The van der Waals surface area contributed by atoms with E-state index in [1.807, 2.05) is 6.20 Å². The van der Waals surface area contributed by atoms with E-state index in [1.54, 1.807) is 6.33 Å². The van der Waals surface area contributed by atoms with Crippen LogP contribution in [-0.2, 0) is 13.0 Å². The molecule has 90 valence electrons. The van der Waals surface area contributed by atoms with Gasteiger partial charge >= 0.3 is 0 Å². The van der Waals surface area contributed by atoms with E-state index in [9.17, 15) is 0 Å². The molecule has 0 bridgehead atoms.